The maximum absolute atomic E-state index is 12.8. The van der Waals surface area contributed by atoms with Crippen molar-refractivity contribution in [3.8, 4) is 0 Å². The molecule has 1 atom stereocenters. The van der Waals surface area contributed by atoms with E-state index in [0.29, 0.717) is 16.8 Å². The number of esters is 1. The van der Waals surface area contributed by atoms with E-state index in [4.69, 9.17) is 4.74 Å². The highest BCUT2D eigenvalue weighted by Gasteiger charge is 2.17. The monoisotopic (exact) mass is 355 g/mol. The van der Waals surface area contributed by atoms with Crippen LogP contribution in [0.3, 0.4) is 0 Å². The number of amides is 1. The predicted octanol–water partition coefficient (Wildman–Crippen LogP) is 3.61. The highest BCUT2D eigenvalue weighted by atomic mass is 19.1. The van der Waals surface area contributed by atoms with Crippen molar-refractivity contribution in [3.05, 3.63) is 71.6 Å². The fourth-order valence-corrected chi connectivity index (χ4v) is 2.07. The van der Waals surface area contributed by atoms with Gasteiger partial charge < -0.3 is 10.1 Å². The van der Waals surface area contributed by atoms with E-state index in [9.17, 15) is 18.8 Å². The van der Waals surface area contributed by atoms with Gasteiger partial charge in [0.2, 0.25) is 0 Å². The number of ether oxygens (including phenoxy) is 1. The van der Waals surface area contributed by atoms with Gasteiger partial charge in [-0.15, -0.1) is 0 Å². The number of carbonyl (C=O) groups excluding carboxylic acids is 3. The van der Waals surface area contributed by atoms with E-state index in [1.807, 2.05) is 0 Å². The van der Waals surface area contributed by atoms with E-state index >= 15 is 0 Å². The molecular formula is C20H18FNO4. The Hall–Kier alpha value is -3.28. The van der Waals surface area contributed by atoms with Gasteiger partial charge >= 0.3 is 5.97 Å². The zero-order chi connectivity index (χ0) is 19.1. The van der Waals surface area contributed by atoms with Gasteiger partial charge in [0.25, 0.3) is 5.91 Å². The van der Waals surface area contributed by atoms with Gasteiger partial charge in [-0.1, -0.05) is 24.3 Å². The lowest BCUT2D eigenvalue weighted by Crippen LogP contribution is -2.29. The summed E-state index contributed by atoms with van der Waals surface area (Å²) in [6, 6.07) is 12.0. The van der Waals surface area contributed by atoms with Crippen molar-refractivity contribution < 1.29 is 23.5 Å². The summed E-state index contributed by atoms with van der Waals surface area (Å²) >= 11 is 0. The molecule has 1 amide bonds. The van der Waals surface area contributed by atoms with Gasteiger partial charge in [-0.05, 0) is 49.8 Å². The molecule has 6 heteroatoms. The Kier molecular flexibility index (Phi) is 6.38. The molecular weight excluding hydrogens is 337 g/mol. The maximum atomic E-state index is 12.8. The third-order valence-corrected chi connectivity index (χ3v) is 3.48. The number of carbonyl (C=O) groups is 3. The summed E-state index contributed by atoms with van der Waals surface area (Å²) in [5, 5.41) is 2.59. The summed E-state index contributed by atoms with van der Waals surface area (Å²) in [5.41, 5.74) is 1.53. The van der Waals surface area contributed by atoms with Crippen molar-refractivity contribution in [1.29, 1.82) is 0 Å². The maximum Gasteiger partial charge on any atom is 0.331 e. The molecule has 26 heavy (non-hydrogen) atoms. The molecule has 0 spiro atoms. The molecule has 0 saturated carbocycles. The lowest BCUT2D eigenvalue weighted by Gasteiger charge is -2.12. The number of halogens is 1. The molecule has 0 heterocycles. The summed E-state index contributed by atoms with van der Waals surface area (Å²) in [4.78, 5) is 35.2. The summed E-state index contributed by atoms with van der Waals surface area (Å²) in [5.74, 6) is -1.71. The van der Waals surface area contributed by atoms with E-state index in [2.05, 4.69) is 5.32 Å². The zero-order valence-electron chi connectivity index (χ0n) is 14.4. The third-order valence-electron chi connectivity index (χ3n) is 3.48. The first-order chi connectivity index (χ1) is 12.3. The molecule has 1 N–H and O–H groups in total. The lowest BCUT2D eigenvalue weighted by atomic mass is 10.1. The second-order valence-corrected chi connectivity index (χ2v) is 5.59. The molecule has 0 saturated heterocycles. The third kappa shape index (κ3) is 5.66. The zero-order valence-corrected chi connectivity index (χ0v) is 14.4. The van der Waals surface area contributed by atoms with Crippen LogP contribution in [0, 0.1) is 5.82 Å². The van der Waals surface area contributed by atoms with Crippen molar-refractivity contribution in [1.82, 2.24) is 0 Å². The number of Topliss-reactive ketones (excluding diaryl/α,β-unsaturated/α-hetero) is 1. The van der Waals surface area contributed by atoms with Gasteiger partial charge in [-0.2, -0.15) is 0 Å². The van der Waals surface area contributed by atoms with Crippen LogP contribution in [0.4, 0.5) is 10.1 Å². The van der Waals surface area contributed by atoms with Crippen LogP contribution in [0.25, 0.3) is 6.08 Å². The fraction of sp³-hybridized carbons (Fsp3) is 0.150. The van der Waals surface area contributed by atoms with E-state index < -0.39 is 18.0 Å². The van der Waals surface area contributed by atoms with Gasteiger partial charge in [0.05, 0.1) is 0 Å². The van der Waals surface area contributed by atoms with Crippen LogP contribution in [0.5, 0.6) is 0 Å². The highest BCUT2D eigenvalue weighted by molar-refractivity contribution is 5.99. The van der Waals surface area contributed by atoms with Gasteiger partial charge in [0.15, 0.2) is 11.9 Å². The average Bonchev–Trinajstić information content (AvgIpc) is 2.61. The second kappa shape index (κ2) is 8.71. The SMILES string of the molecule is CC(=O)c1cccc(NC(=O)[C@H](C)OC(=O)/C=C/c2ccc(F)cc2)c1. The summed E-state index contributed by atoms with van der Waals surface area (Å²) in [6.07, 6.45) is 1.59. The molecule has 2 rings (SSSR count). The average molecular weight is 355 g/mol. The first-order valence-electron chi connectivity index (χ1n) is 7.91. The van der Waals surface area contributed by atoms with E-state index in [1.165, 1.54) is 44.2 Å². The van der Waals surface area contributed by atoms with Crippen molar-refractivity contribution in [2.75, 3.05) is 5.32 Å². The molecule has 0 aliphatic carbocycles. The Balaban J connectivity index is 1.91. The van der Waals surface area contributed by atoms with Crippen LogP contribution in [0.15, 0.2) is 54.6 Å². The molecule has 0 aliphatic heterocycles. The molecule has 0 radical (unpaired) electrons. The number of ketones is 1. The van der Waals surface area contributed by atoms with Crippen LogP contribution >= 0.6 is 0 Å². The molecule has 5 nitrogen and oxygen atoms in total. The molecule has 0 fully saturated rings. The first kappa shape index (κ1) is 19.1. The van der Waals surface area contributed by atoms with E-state index in [-0.39, 0.29) is 11.6 Å². The first-order valence-corrected chi connectivity index (χ1v) is 7.91. The molecule has 0 aromatic heterocycles. The van der Waals surface area contributed by atoms with E-state index in [1.54, 1.807) is 24.3 Å². The lowest BCUT2D eigenvalue weighted by molar-refractivity contribution is -0.148. The van der Waals surface area contributed by atoms with Crippen molar-refractivity contribution in [3.63, 3.8) is 0 Å². The van der Waals surface area contributed by atoms with Gasteiger partial charge in [-0.25, -0.2) is 9.18 Å². The summed E-state index contributed by atoms with van der Waals surface area (Å²) in [6.45, 7) is 2.87. The minimum Gasteiger partial charge on any atom is -0.449 e. The number of benzene rings is 2. The number of anilines is 1. The minimum absolute atomic E-state index is 0.119. The number of hydrogen-bond acceptors (Lipinski definition) is 4. The Morgan fingerprint density at radius 3 is 2.46 bits per heavy atom. The molecule has 2 aromatic rings. The molecule has 2 aromatic carbocycles. The normalized spacial score (nSPS) is 11.8. The fourth-order valence-electron chi connectivity index (χ4n) is 2.07. The predicted molar refractivity (Wildman–Crippen MR) is 96.1 cm³/mol. The van der Waals surface area contributed by atoms with Crippen molar-refractivity contribution >= 4 is 29.4 Å². The van der Waals surface area contributed by atoms with E-state index in [0.717, 1.165) is 6.08 Å². The Morgan fingerprint density at radius 1 is 1.12 bits per heavy atom. The number of nitrogens with one attached hydrogen (secondary N) is 1. The Labute approximate surface area is 150 Å². The molecule has 0 aliphatic rings. The minimum atomic E-state index is -1.03. The van der Waals surface area contributed by atoms with Crippen LogP contribution in [0.2, 0.25) is 0 Å². The Bertz CT molecular complexity index is 843. The molecule has 134 valence electrons. The highest BCUT2D eigenvalue weighted by Crippen LogP contribution is 2.12. The van der Waals surface area contributed by atoms with Crippen LogP contribution in [-0.4, -0.2) is 23.8 Å². The quantitative estimate of drug-likeness (QED) is 0.488. The topological polar surface area (TPSA) is 72.5 Å². The molecule has 0 bridgehead atoms. The smallest absolute Gasteiger partial charge is 0.331 e. The second-order valence-electron chi connectivity index (χ2n) is 5.59. The largest absolute Gasteiger partial charge is 0.449 e. The number of rotatable bonds is 6. The summed E-state index contributed by atoms with van der Waals surface area (Å²) in [7, 11) is 0. The van der Waals surface area contributed by atoms with Gasteiger partial charge in [0.1, 0.15) is 5.82 Å². The van der Waals surface area contributed by atoms with Crippen LogP contribution in [-0.2, 0) is 14.3 Å². The molecule has 0 unspecified atom stereocenters. The standard InChI is InChI=1S/C20H18FNO4/c1-13(23)16-4-3-5-18(12-16)22-20(25)14(2)26-19(24)11-8-15-6-9-17(21)10-7-15/h3-12,14H,1-2H3,(H,22,25)/b11-8+/t14-/m0/s1. The van der Waals surface area contributed by atoms with Gasteiger partial charge in [-0.3, -0.25) is 9.59 Å². The summed E-state index contributed by atoms with van der Waals surface area (Å²) < 4.78 is 17.8. The Morgan fingerprint density at radius 2 is 1.81 bits per heavy atom. The van der Waals surface area contributed by atoms with Crippen molar-refractivity contribution in [2.24, 2.45) is 0 Å². The van der Waals surface area contributed by atoms with Crippen LogP contribution in [0.1, 0.15) is 29.8 Å². The number of hydrogen-bond donors (Lipinski definition) is 1. The van der Waals surface area contributed by atoms with Crippen molar-refractivity contribution in [2.45, 2.75) is 20.0 Å². The van der Waals surface area contributed by atoms with Crippen LogP contribution < -0.4 is 5.32 Å². The van der Waals surface area contributed by atoms with Gasteiger partial charge in [0, 0.05) is 17.3 Å².